The molecule has 2 unspecified atom stereocenters. The van der Waals surface area contributed by atoms with E-state index in [1.807, 2.05) is 6.92 Å². The summed E-state index contributed by atoms with van der Waals surface area (Å²) in [5.74, 6) is 0.576. The fourth-order valence-electron chi connectivity index (χ4n) is 3.13. The van der Waals surface area contributed by atoms with Gasteiger partial charge in [0, 0.05) is 17.8 Å². The number of fused-ring (bicyclic) bond motifs is 1. The average molecular weight is 327 g/mol. The zero-order valence-electron chi connectivity index (χ0n) is 14.7. The second kappa shape index (κ2) is 6.73. The number of nitrogens with one attached hydrogen (secondary N) is 3. The molecule has 2 aromatic rings. The standard InChI is InChI=1S/C18H25N5O/c1-5-6-13-9-16(24)22-18(20-13)23-17-19-12(4)14-7-10(2)11(3)8-15(14)21-17/h7-8,13,18,20H,5-6,9H2,1-4H3,(H,22,24)(H,19,21,23). The molecule has 1 aliphatic heterocycles. The Labute approximate surface area is 142 Å². The van der Waals surface area contributed by atoms with Crippen molar-refractivity contribution in [3.05, 3.63) is 29.0 Å². The van der Waals surface area contributed by atoms with Gasteiger partial charge in [0.25, 0.3) is 0 Å². The van der Waals surface area contributed by atoms with Crippen molar-refractivity contribution in [3.63, 3.8) is 0 Å². The van der Waals surface area contributed by atoms with Gasteiger partial charge in [-0.1, -0.05) is 13.3 Å². The van der Waals surface area contributed by atoms with Crippen LogP contribution < -0.4 is 16.0 Å². The molecule has 24 heavy (non-hydrogen) atoms. The quantitative estimate of drug-likeness (QED) is 0.804. The number of aryl methyl sites for hydroxylation is 3. The first-order chi connectivity index (χ1) is 11.5. The van der Waals surface area contributed by atoms with Crippen molar-refractivity contribution in [1.29, 1.82) is 0 Å². The van der Waals surface area contributed by atoms with Gasteiger partial charge in [0.15, 0.2) is 6.29 Å². The summed E-state index contributed by atoms with van der Waals surface area (Å²) >= 11 is 0. The topological polar surface area (TPSA) is 78.9 Å². The van der Waals surface area contributed by atoms with E-state index < -0.39 is 0 Å². The van der Waals surface area contributed by atoms with E-state index in [9.17, 15) is 4.79 Å². The molecule has 1 fully saturated rings. The van der Waals surface area contributed by atoms with Crippen LogP contribution in [0.15, 0.2) is 12.1 Å². The molecule has 2 atom stereocenters. The van der Waals surface area contributed by atoms with E-state index in [1.54, 1.807) is 0 Å². The summed E-state index contributed by atoms with van der Waals surface area (Å²) in [4.78, 5) is 21.0. The Morgan fingerprint density at radius 3 is 2.71 bits per heavy atom. The van der Waals surface area contributed by atoms with Crippen molar-refractivity contribution in [2.45, 2.75) is 59.3 Å². The van der Waals surface area contributed by atoms with Crippen LogP contribution in [0, 0.1) is 20.8 Å². The lowest BCUT2D eigenvalue weighted by atomic mass is 10.1. The molecule has 1 aromatic heterocycles. The summed E-state index contributed by atoms with van der Waals surface area (Å²) in [6.45, 7) is 8.28. The second-order valence-corrected chi connectivity index (χ2v) is 6.59. The Balaban J connectivity index is 1.84. The monoisotopic (exact) mass is 327 g/mol. The van der Waals surface area contributed by atoms with Gasteiger partial charge in [-0.15, -0.1) is 0 Å². The molecule has 0 radical (unpaired) electrons. The minimum atomic E-state index is -0.341. The maximum atomic E-state index is 11.9. The summed E-state index contributed by atoms with van der Waals surface area (Å²) in [7, 11) is 0. The molecule has 1 saturated heterocycles. The smallest absolute Gasteiger partial charge is 0.226 e. The van der Waals surface area contributed by atoms with Crippen molar-refractivity contribution in [1.82, 2.24) is 20.6 Å². The number of carbonyl (C=O) groups excluding carboxylic acids is 1. The van der Waals surface area contributed by atoms with E-state index >= 15 is 0 Å². The molecule has 0 aliphatic carbocycles. The van der Waals surface area contributed by atoms with Crippen LogP contribution in [0.4, 0.5) is 5.95 Å². The van der Waals surface area contributed by atoms with Gasteiger partial charge in [-0.3, -0.25) is 10.1 Å². The lowest BCUT2D eigenvalue weighted by molar-refractivity contribution is -0.124. The molecule has 1 aromatic carbocycles. The summed E-state index contributed by atoms with van der Waals surface area (Å²) < 4.78 is 0. The van der Waals surface area contributed by atoms with Crippen molar-refractivity contribution >= 4 is 22.8 Å². The van der Waals surface area contributed by atoms with Crippen molar-refractivity contribution in [2.24, 2.45) is 0 Å². The summed E-state index contributed by atoms with van der Waals surface area (Å²) in [6.07, 6.45) is 2.19. The molecule has 3 rings (SSSR count). The maximum absolute atomic E-state index is 11.9. The van der Waals surface area contributed by atoms with Crippen LogP contribution in [0.5, 0.6) is 0 Å². The van der Waals surface area contributed by atoms with Gasteiger partial charge in [0.05, 0.1) is 11.2 Å². The predicted molar refractivity (Wildman–Crippen MR) is 95.8 cm³/mol. The fraction of sp³-hybridized carbons (Fsp3) is 0.500. The third kappa shape index (κ3) is 3.48. The average Bonchev–Trinajstić information content (AvgIpc) is 2.49. The van der Waals surface area contributed by atoms with E-state index in [0.717, 1.165) is 29.4 Å². The molecular formula is C18H25N5O. The zero-order valence-corrected chi connectivity index (χ0v) is 14.7. The summed E-state index contributed by atoms with van der Waals surface area (Å²) in [5.41, 5.74) is 4.29. The van der Waals surface area contributed by atoms with Crippen molar-refractivity contribution < 1.29 is 4.79 Å². The van der Waals surface area contributed by atoms with E-state index in [2.05, 4.69) is 58.8 Å². The highest BCUT2D eigenvalue weighted by molar-refractivity contribution is 5.83. The molecular weight excluding hydrogens is 302 g/mol. The van der Waals surface area contributed by atoms with Gasteiger partial charge < -0.3 is 10.6 Å². The third-order valence-corrected chi connectivity index (χ3v) is 4.55. The predicted octanol–water partition coefficient (Wildman–Crippen LogP) is 2.53. The van der Waals surface area contributed by atoms with E-state index in [-0.39, 0.29) is 18.2 Å². The van der Waals surface area contributed by atoms with Crippen LogP contribution in [-0.4, -0.2) is 28.2 Å². The first-order valence-electron chi connectivity index (χ1n) is 8.54. The molecule has 2 heterocycles. The van der Waals surface area contributed by atoms with Crippen LogP contribution in [-0.2, 0) is 4.79 Å². The Morgan fingerprint density at radius 1 is 1.21 bits per heavy atom. The number of anilines is 1. The molecule has 0 spiro atoms. The molecule has 1 aliphatic rings. The highest BCUT2D eigenvalue weighted by Crippen LogP contribution is 2.21. The number of nitrogens with zero attached hydrogens (tertiary/aromatic N) is 2. The molecule has 6 nitrogen and oxygen atoms in total. The fourth-order valence-corrected chi connectivity index (χ4v) is 3.13. The normalized spacial score (nSPS) is 20.9. The van der Waals surface area contributed by atoms with Crippen LogP contribution in [0.25, 0.3) is 10.9 Å². The third-order valence-electron chi connectivity index (χ3n) is 4.55. The van der Waals surface area contributed by atoms with Crippen LogP contribution in [0.2, 0.25) is 0 Å². The molecule has 0 bridgehead atoms. The molecule has 0 saturated carbocycles. The van der Waals surface area contributed by atoms with Gasteiger partial charge >= 0.3 is 0 Å². The Hall–Kier alpha value is -2.21. The van der Waals surface area contributed by atoms with Gasteiger partial charge in [-0.2, -0.15) is 0 Å². The second-order valence-electron chi connectivity index (χ2n) is 6.59. The minimum absolute atomic E-state index is 0.0497. The Bertz CT molecular complexity index is 774. The summed E-state index contributed by atoms with van der Waals surface area (Å²) in [5, 5.41) is 10.6. The number of aromatic nitrogens is 2. The maximum Gasteiger partial charge on any atom is 0.226 e. The molecule has 6 heteroatoms. The van der Waals surface area contributed by atoms with Crippen LogP contribution in [0.3, 0.4) is 0 Å². The van der Waals surface area contributed by atoms with Gasteiger partial charge in [-0.25, -0.2) is 9.97 Å². The molecule has 128 valence electrons. The first kappa shape index (κ1) is 16.6. The number of carbonyl (C=O) groups is 1. The van der Waals surface area contributed by atoms with Crippen LogP contribution in [0.1, 0.15) is 43.0 Å². The van der Waals surface area contributed by atoms with Crippen molar-refractivity contribution in [3.8, 4) is 0 Å². The lowest BCUT2D eigenvalue weighted by Crippen LogP contribution is -2.59. The summed E-state index contributed by atoms with van der Waals surface area (Å²) in [6, 6.07) is 4.40. The van der Waals surface area contributed by atoms with E-state index in [1.165, 1.54) is 11.1 Å². The highest BCUT2D eigenvalue weighted by Gasteiger charge is 2.25. The minimum Gasteiger partial charge on any atom is -0.323 e. The van der Waals surface area contributed by atoms with E-state index in [0.29, 0.717) is 12.4 Å². The van der Waals surface area contributed by atoms with Crippen LogP contribution >= 0.6 is 0 Å². The van der Waals surface area contributed by atoms with E-state index in [4.69, 9.17) is 0 Å². The SMILES string of the molecule is CCCC1CC(=O)NC(Nc2nc(C)c3cc(C)c(C)cc3n2)N1. The zero-order chi connectivity index (χ0) is 17.3. The number of hydrogen-bond donors (Lipinski definition) is 3. The number of hydrogen-bond acceptors (Lipinski definition) is 5. The molecule has 1 amide bonds. The van der Waals surface area contributed by atoms with Gasteiger partial charge in [-0.05, 0) is 50.5 Å². The largest absolute Gasteiger partial charge is 0.323 e. The Morgan fingerprint density at radius 2 is 1.96 bits per heavy atom. The van der Waals surface area contributed by atoms with Gasteiger partial charge in [0.1, 0.15) is 0 Å². The highest BCUT2D eigenvalue weighted by atomic mass is 16.2. The Kier molecular flexibility index (Phi) is 4.66. The number of amides is 1. The van der Waals surface area contributed by atoms with Crippen molar-refractivity contribution in [2.75, 3.05) is 5.32 Å². The van der Waals surface area contributed by atoms with Gasteiger partial charge in [0.2, 0.25) is 11.9 Å². The number of benzene rings is 1. The first-order valence-corrected chi connectivity index (χ1v) is 8.54. The number of rotatable bonds is 4. The molecule has 3 N–H and O–H groups in total. The lowest BCUT2D eigenvalue weighted by Gasteiger charge is -2.31.